The smallest absolute Gasteiger partial charge is 0.147 e. The highest BCUT2D eigenvalue weighted by atomic mass is 16.3. The number of aryl methyl sites for hydroxylation is 2. The molecule has 2 rings (SSSR count). The topological polar surface area (TPSA) is 50.9 Å². The van der Waals surface area contributed by atoms with Gasteiger partial charge in [-0.25, -0.2) is 9.67 Å². The molecule has 0 bridgehead atoms. The van der Waals surface area contributed by atoms with Crippen LogP contribution in [0.5, 0.6) is 0 Å². The zero-order valence-electron chi connectivity index (χ0n) is 8.06. The minimum atomic E-state index is -0.236. The zero-order chi connectivity index (χ0) is 9.42. The van der Waals surface area contributed by atoms with Crippen LogP contribution in [0.25, 0.3) is 0 Å². The van der Waals surface area contributed by atoms with Gasteiger partial charge in [-0.2, -0.15) is 5.10 Å². The summed E-state index contributed by atoms with van der Waals surface area (Å²) < 4.78 is 1.87. The molecular weight excluding hydrogens is 166 g/mol. The van der Waals surface area contributed by atoms with Crippen LogP contribution in [0.2, 0.25) is 0 Å². The van der Waals surface area contributed by atoms with E-state index in [1.807, 2.05) is 18.5 Å². The van der Waals surface area contributed by atoms with Crippen molar-refractivity contribution in [2.75, 3.05) is 0 Å². The van der Waals surface area contributed by atoms with Crippen LogP contribution in [0, 0.1) is 13.8 Å². The predicted octanol–water partition coefficient (Wildman–Crippen LogP) is 0.981. The molecule has 1 fully saturated rings. The lowest BCUT2D eigenvalue weighted by molar-refractivity contribution is 0.129. The number of rotatable bonds is 1. The average Bonchev–Trinajstić information content (AvgIpc) is 2.58. The summed E-state index contributed by atoms with van der Waals surface area (Å²) in [6.45, 7) is 3.82. The fourth-order valence-corrected chi connectivity index (χ4v) is 2.06. The number of aliphatic hydroxyl groups excluding tert-OH is 1. The van der Waals surface area contributed by atoms with Gasteiger partial charge in [0.2, 0.25) is 0 Å². The van der Waals surface area contributed by atoms with Crippen molar-refractivity contribution < 1.29 is 5.11 Å². The maximum absolute atomic E-state index is 9.69. The highest BCUT2D eigenvalue weighted by molar-refractivity contribution is 4.93. The van der Waals surface area contributed by atoms with Crippen molar-refractivity contribution in [2.45, 2.75) is 45.3 Å². The first-order valence-electron chi connectivity index (χ1n) is 4.76. The first-order chi connectivity index (χ1) is 6.18. The van der Waals surface area contributed by atoms with E-state index >= 15 is 0 Å². The van der Waals surface area contributed by atoms with Gasteiger partial charge in [-0.05, 0) is 33.1 Å². The zero-order valence-corrected chi connectivity index (χ0v) is 8.06. The van der Waals surface area contributed by atoms with Gasteiger partial charge >= 0.3 is 0 Å². The highest BCUT2D eigenvalue weighted by Gasteiger charge is 2.28. The Morgan fingerprint density at radius 2 is 2.15 bits per heavy atom. The first-order valence-corrected chi connectivity index (χ1v) is 4.76. The van der Waals surface area contributed by atoms with Gasteiger partial charge in [-0.1, -0.05) is 0 Å². The van der Waals surface area contributed by atoms with Gasteiger partial charge in [0.05, 0.1) is 12.1 Å². The fraction of sp³-hybridized carbons (Fsp3) is 0.778. The summed E-state index contributed by atoms with van der Waals surface area (Å²) in [5.74, 6) is 1.69. The molecule has 1 aliphatic rings. The predicted molar refractivity (Wildman–Crippen MR) is 48.4 cm³/mol. The molecule has 1 aromatic heterocycles. The number of nitrogens with zero attached hydrogens (tertiary/aromatic N) is 3. The molecule has 0 unspecified atom stereocenters. The normalized spacial score (nSPS) is 28.2. The van der Waals surface area contributed by atoms with Crippen LogP contribution >= 0.6 is 0 Å². The van der Waals surface area contributed by atoms with Crippen molar-refractivity contribution >= 4 is 0 Å². The van der Waals surface area contributed by atoms with Crippen LogP contribution in [-0.4, -0.2) is 26.0 Å². The summed E-state index contributed by atoms with van der Waals surface area (Å²) in [7, 11) is 0. The molecular formula is C9H15N3O. The molecule has 0 amide bonds. The van der Waals surface area contributed by atoms with Crippen LogP contribution < -0.4 is 0 Å². The van der Waals surface area contributed by atoms with Gasteiger partial charge < -0.3 is 5.11 Å². The van der Waals surface area contributed by atoms with E-state index in [2.05, 4.69) is 10.1 Å². The minimum absolute atomic E-state index is 0.154. The summed E-state index contributed by atoms with van der Waals surface area (Å²) in [6.07, 6.45) is 2.76. The first kappa shape index (κ1) is 8.69. The highest BCUT2D eigenvalue weighted by Crippen LogP contribution is 2.29. The van der Waals surface area contributed by atoms with Crippen molar-refractivity contribution in [1.29, 1.82) is 0 Å². The summed E-state index contributed by atoms with van der Waals surface area (Å²) in [5.41, 5.74) is 0. The minimum Gasteiger partial charge on any atom is -0.391 e. The van der Waals surface area contributed by atoms with E-state index in [0.29, 0.717) is 0 Å². The van der Waals surface area contributed by atoms with Crippen molar-refractivity contribution in [3.8, 4) is 0 Å². The monoisotopic (exact) mass is 181 g/mol. The van der Waals surface area contributed by atoms with Crippen LogP contribution in [0.15, 0.2) is 0 Å². The Labute approximate surface area is 77.6 Å². The van der Waals surface area contributed by atoms with Gasteiger partial charge in [-0.3, -0.25) is 0 Å². The Kier molecular flexibility index (Phi) is 2.07. The summed E-state index contributed by atoms with van der Waals surface area (Å²) >= 11 is 0. The van der Waals surface area contributed by atoms with E-state index in [0.717, 1.165) is 30.9 Å². The Morgan fingerprint density at radius 3 is 2.62 bits per heavy atom. The summed E-state index contributed by atoms with van der Waals surface area (Å²) in [6, 6.07) is 0.154. The average molecular weight is 181 g/mol. The Balaban J connectivity index is 2.28. The molecule has 1 saturated carbocycles. The molecule has 1 aliphatic carbocycles. The number of hydrogen-bond acceptors (Lipinski definition) is 3. The quantitative estimate of drug-likeness (QED) is 0.702. The van der Waals surface area contributed by atoms with Crippen molar-refractivity contribution in [1.82, 2.24) is 14.8 Å². The molecule has 0 saturated heterocycles. The molecule has 4 heteroatoms. The summed E-state index contributed by atoms with van der Waals surface area (Å²) in [4.78, 5) is 4.23. The lowest BCUT2D eigenvalue weighted by atomic mass is 10.2. The van der Waals surface area contributed by atoms with Crippen molar-refractivity contribution in [2.24, 2.45) is 0 Å². The lowest BCUT2D eigenvalue weighted by Crippen LogP contribution is -2.20. The second-order valence-electron chi connectivity index (χ2n) is 3.72. The third-order valence-electron chi connectivity index (χ3n) is 2.67. The molecule has 0 aromatic carbocycles. The molecule has 1 aromatic rings. The Morgan fingerprint density at radius 1 is 1.38 bits per heavy atom. The van der Waals surface area contributed by atoms with E-state index in [1.54, 1.807) is 0 Å². The summed E-state index contributed by atoms with van der Waals surface area (Å²) in [5, 5.41) is 14.0. The third kappa shape index (κ3) is 1.46. The second-order valence-corrected chi connectivity index (χ2v) is 3.72. The van der Waals surface area contributed by atoms with E-state index < -0.39 is 0 Å². The van der Waals surface area contributed by atoms with Gasteiger partial charge in [0.25, 0.3) is 0 Å². The van der Waals surface area contributed by atoms with E-state index in [-0.39, 0.29) is 12.1 Å². The standard InChI is InChI=1S/C9H15N3O/c1-6-10-7(2)12(11-6)8-4-3-5-9(8)13/h8-9,13H,3-5H2,1-2H3/t8-,9-/m1/s1. The van der Waals surface area contributed by atoms with Crippen LogP contribution in [0.4, 0.5) is 0 Å². The molecule has 0 spiro atoms. The van der Waals surface area contributed by atoms with Crippen LogP contribution in [-0.2, 0) is 0 Å². The lowest BCUT2D eigenvalue weighted by Gasteiger charge is -2.15. The van der Waals surface area contributed by atoms with Gasteiger partial charge in [-0.15, -0.1) is 0 Å². The van der Waals surface area contributed by atoms with Gasteiger partial charge in [0.1, 0.15) is 11.6 Å². The van der Waals surface area contributed by atoms with Gasteiger partial charge in [0, 0.05) is 0 Å². The molecule has 1 heterocycles. The molecule has 0 radical (unpaired) electrons. The van der Waals surface area contributed by atoms with Crippen molar-refractivity contribution in [3.63, 3.8) is 0 Å². The third-order valence-corrected chi connectivity index (χ3v) is 2.67. The Bertz CT molecular complexity index is 308. The molecule has 13 heavy (non-hydrogen) atoms. The van der Waals surface area contributed by atoms with Crippen LogP contribution in [0.3, 0.4) is 0 Å². The molecule has 4 nitrogen and oxygen atoms in total. The largest absolute Gasteiger partial charge is 0.391 e. The molecule has 2 atom stereocenters. The maximum Gasteiger partial charge on any atom is 0.147 e. The fourth-order valence-electron chi connectivity index (χ4n) is 2.06. The number of aliphatic hydroxyl groups is 1. The van der Waals surface area contributed by atoms with E-state index in [9.17, 15) is 5.11 Å². The molecule has 1 N–H and O–H groups in total. The number of aromatic nitrogens is 3. The van der Waals surface area contributed by atoms with Crippen LogP contribution in [0.1, 0.15) is 37.0 Å². The molecule has 72 valence electrons. The van der Waals surface area contributed by atoms with Crippen molar-refractivity contribution in [3.05, 3.63) is 11.6 Å². The second kappa shape index (κ2) is 3.10. The maximum atomic E-state index is 9.69. The van der Waals surface area contributed by atoms with E-state index in [4.69, 9.17) is 0 Å². The number of hydrogen-bond donors (Lipinski definition) is 1. The van der Waals surface area contributed by atoms with E-state index in [1.165, 1.54) is 0 Å². The molecule has 0 aliphatic heterocycles. The Hall–Kier alpha value is -0.900. The SMILES string of the molecule is Cc1nc(C)n([C@@H]2CCC[C@H]2O)n1. The van der Waals surface area contributed by atoms with Gasteiger partial charge in [0.15, 0.2) is 0 Å².